The van der Waals surface area contributed by atoms with Crippen LogP contribution in [-0.4, -0.2) is 21.4 Å². The van der Waals surface area contributed by atoms with Gasteiger partial charge in [0.05, 0.1) is 11.3 Å². The summed E-state index contributed by atoms with van der Waals surface area (Å²) in [7, 11) is 0. The topological polar surface area (TPSA) is 49.0 Å². The van der Waals surface area contributed by atoms with Gasteiger partial charge in [-0.25, -0.2) is 9.37 Å². The molecule has 1 aliphatic rings. The van der Waals surface area contributed by atoms with Gasteiger partial charge in [-0.1, -0.05) is 26.0 Å². The van der Waals surface area contributed by atoms with Gasteiger partial charge in [-0.3, -0.25) is 9.69 Å². The molecular formula is C17H20FN3O. The fourth-order valence-corrected chi connectivity index (χ4v) is 2.80. The number of nitrogens with one attached hydrogen (secondary N) is 1. The Labute approximate surface area is 129 Å². The van der Waals surface area contributed by atoms with Crippen molar-refractivity contribution in [2.75, 3.05) is 6.54 Å². The highest BCUT2D eigenvalue weighted by Crippen LogP contribution is 2.18. The lowest BCUT2D eigenvalue weighted by Gasteiger charge is -2.28. The maximum atomic E-state index is 13.3. The van der Waals surface area contributed by atoms with E-state index in [-0.39, 0.29) is 17.3 Å². The molecule has 1 aromatic heterocycles. The fourth-order valence-electron chi connectivity index (χ4n) is 2.80. The van der Waals surface area contributed by atoms with E-state index in [1.54, 1.807) is 12.1 Å². The molecule has 0 saturated carbocycles. The van der Waals surface area contributed by atoms with Crippen molar-refractivity contribution in [2.24, 2.45) is 0 Å². The Hall–Kier alpha value is -2.01. The number of aromatic nitrogens is 2. The number of hydrogen-bond acceptors (Lipinski definition) is 3. The molecule has 5 heteroatoms. The van der Waals surface area contributed by atoms with E-state index in [1.165, 1.54) is 6.07 Å². The molecule has 0 fully saturated rings. The molecule has 2 heterocycles. The van der Waals surface area contributed by atoms with Crippen LogP contribution in [0.3, 0.4) is 0 Å². The molecule has 1 aliphatic heterocycles. The molecule has 22 heavy (non-hydrogen) atoms. The molecule has 1 N–H and O–H groups in total. The number of rotatable bonds is 3. The van der Waals surface area contributed by atoms with Gasteiger partial charge in [-0.15, -0.1) is 0 Å². The number of fused-ring (bicyclic) bond motifs is 1. The minimum atomic E-state index is -0.226. The fraction of sp³-hybridized carbons (Fsp3) is 0.412. The van der Waals surface area contributed by atoms with Gasteiger partial charge in [0.2, 0.25) is 0 Å². The summed E-state index contributed by atoms with van der Waals surface area (Å²) < 4.78 is 13.3. The Morgan fingerprint density at radius 3 is 2.95 bits per heavy atom. The van der Waals surface area contributed by atoms with Crippen molar-refractivity contribution in [1.82, 2.24) is 14.9 Å². The number of benzene rings is 1. The summed E-state index contributed by atoms with van der Waals surface area (Å²) in [5.41, 5.74) is 2.53. The molecular weight excluding hydrogens is 281 g/mol. The average molecular weight is 301 g/mol. The Kier molecular flexibility index (Phi) is 4.07. The third kappa shape index (κ3) is 3.09. The highest BCUT2D eigenvalue weighted by molar-refractivity contribution is 5.23. The number of halogens is 1. The molecule has 116 valence electrons. The first-order valence-corrected chi connectivity index (χ1v) is 7.61. The largest absolute Gasteiger partial charge is 0.310 e. The summed E-state index contributed by atoms with van der Waals surface area (Å²) in [4.78, 5) is 21.9. The second-order valence-electron chi connectivity index (χ2n) is 6.12. The summed E-state index contributed by atoms with van der Waals surface area (Å²) in [6, 6.07) is 6.60. The van der Waals surface area contributed by atoms with Crippen molar-refractivity contribution in [3.63, 3.8) is 0 Å². The van der Waals surface area contributed by atoms with Gasteiger partial charge in [0, 0.05) is 32.0 Å². The van der Waals surface area contributed by atoms with Crippen molar-refractivity contribution >= 4 is 0 Å². The standard InChI is InChI=1S/C17H20FN3O/c1-11(2)16-19-15-6-7-21(10-14(15)17(22)20-16)9-12-4-3-5-13(18)8-12/h3-5,8,11H,6-7,9-10H2,1-2H3,(H,19,20,22). The summed E-state index contributed by atoms with van der Waals surface area (Å²) in [5.74, 6) is 0.738. The second kappa shape index (κ2) is 6.01. The Bertz CT molecular complexity index is 739. The average Bonchev–Trinajstić information content (AvgIpc) is 2.47. The van der Waals surface area contributed by atoms with E-state index < -0.39 is 0 Å². The normalized spacial score (nSPS) is 15.1. The van der Waals surface area contributed by atoms with Crippen LogP contribution < -0.4 is 5.56 Å². The predicted molar refractivity (Wildman–Crippen MR) is 83.2 cm³/mol. The van der Waals surface area contributed by atoms with E-state index in [4.69, 9.17) is 0 Å². The third-order valence-electron chi connectivity index (χ3n) is 4.01. The first-order chi connectivity index (χ1) is 10.5. The summed E-state index contributed by atoms with van der Waals surface area (Å²) in [5, 5.41) is 0. The van der Waals surface area contributed by atoms with Gasteiger partial charge in [-0.2, -0.15) is 0 Å². The van der Waals surface area contributed by atoms with Gasteiger partial charge in [0.15, 0.2) is 0 Å². The highest BCUT2D eigenvalue weighted by Gasteiger charge is 2.21. The van der Waals surface area contributed by atoms with Crippen LogP contribution >= 0.6 is 0 Å². The lowest BCUT2D eigenvalue weighted by Crippen LogP contribution is -2.36. The van der Waals surface area contributed by atoms with Gasteiger partial charge in [0.25, 0.3) is 5.56 Å². The minimum Gasteiger partial charge on any atom is -0.310 e. The maximum Gasteiger partial charge on any atom is 0.255 e. The van der Waals surface area contributed by atoms with Gasteiger partial charge < -0.3 is 4.98 Å². The molecule has 0 amide bonds. The van der Waals surface area contributed by atoms with Crippen molar-refractivity contribution < 1.29 is 4.39 Å². The minimum absolute atomic E-state index is 0.0438. The van der Waals surface area contributed by atoms with Crippen LogP contribution in [-0.2, 0) is 19.5 Å². The molecule has 0 radical (unpaired) electrons. The van der Waals surface area contributed by atoms with Crippen LogP contribution in [0.4, 0.5) is 4.39 Å². The zero-order chi connectivity index (χ0) is 15.7. The molecule has 0 atom stereocenters. The first-order valence-electron chi connectivity index (χ1n) is 7.61. The number of hydrogen-bond donors (Lipinski definition) is 1. The second-order valence-corrected chi connectivity index (χ2v) is 6.12. The van der Waals surface area contributed by atoms with Crippen molar-refractivity contribution in [3.8, 4) is 0 Å². The summed E-state index contributed by atoms with van der Waals surface area (Å²) in [6.45, 7) is 6.07. The van der Waals surface area contributed by atoms with E-state index in [2.05, 4.69) is 14.9 Å². The molecule has 0 aliphatic carbocycles. The Balaban J connectivity index is 1.81. The monoisotopic (exact) mass is 301 g/mol. The van der Waals surface area contributed by atoms with Crippen LogP contribution in [0.25, 0.3) is 0 Å². The molecule has 3 rings (SSSR count). The number of nitrogens with zero attached hydrogens (tertiary/aromatic N) is 2. The maximum absolute atomic E-state index is 13.3. The van der Waals surface area contributed by atoms with Gasteiger partial charge in [-0.05, 0) is 17.7 Å². The van der Waals surface area contributed by atoms with Crippen LogP contribution in [0.15, 0.2) is 29.1 Å². The van der Waals surface area contributed by atoms with Gasteiger partial charge in [0.1, 0.15) is 11.6 Å². The van der Waals surface area contributed by atoms with E-state index in [1.807, 2.05) is 19.9 Å². The smallest absolute Gasteiger partial charge is 0.255 e. The molecule has 0 bridgehead atoms. The van der Waals surface area contributed by atoms with Crippen LogP contribution in [0.1, 0.15) is 42.4 Å². The van der Waals surface area contributed by atoms with Crippen molar-refractivity contribution in [1.29, 1.82) is 0 Å². The molecule has 0 unspecified atom stereocenters. The summed E-state index contributed by atoms with van der Waals surface area (Å²) in [6.07, 6.45) is 0.758. The zero-order valence-corrected chi connectivity index (χ0v) is 12.9. The lowest BCUT2D eigenvalue weighted by molar-refractivity contribution is 0.241. The van der Waals surface area contributed by atoms with Gasteiger partial charge >= 0.3 is 0 Å². The Morgan fingerprint density at radius 1 is 1.41 bits per heavy atom. The molecule has 0 saturated heterocycles. The first kappa shape index (κ1) is 14.9. The third-order valence-corrected chi connectivity index (χ3v) is 4.01. The summed E-state index contributed by atoms with van der Waals surface area (Å²) >= 11 is 0. The lowest BCUT2D eigenvalue weighted by atomic mass is 10.0. The van der Waals surface area contributed by atoms with Crippen molar-refractivity contribution in [3.05, 3.63) is 63.1 Å². The van der Waals surface area contributed by atoms with E-state index in [0.29, 0.717) is 13.1 Å². The van der Waals surface area contributed by atoms with E-state index in [0.717, 1.165) is 35.6 Å². The van der Waals surface area contributed by atoms with Crippen LogP contribution in [0.2, 0.25) is 0 Å². The molecule has 0 spiro atoms. The zero-order valence-electron chi connectivity index (χ0n) is 12.9. The number of aromatic amines is 1. The van der Waals surface area contributed by atoms with Crippen LogP contribution in [0, 0.1) is 5.82 Å². The van der Waals surface area contributed by atoms with E-state index in [9.17, 15) is 9.18 Å². The SMILES string of the molecule is CC(C)c1nc2c(c(=O)[nH]1)CN(Cc1cccc(F)c1)CC2. The number of H-pyrrole nitrogens is 1. The highest BCUT2D eigenvalue weighted by atomic mass is 19.1. The van der Waals surface area contributed by atoms with Crippen LogP contribution in [0.5, 0.6) is 0 Å². The van der Waals surface area contributed by atoms with E-state index >= 15 is 0 Å². The predicted octanol–water partition coefficient (Wildman–Crippen LogP) is 2.59. The Morgan fingerprint density at radius 2 is 2.23 bits per heavy atom. The molecule has 2 aromatic rings. The molecule has 1 aromatic carbocycles. The molecule has 4 nitrogen and oxygen atoms in total. The van der Waals surface area contributed by atoms with Crippen molar-refractivity contribution in [2.45, 2.75) is 39.3 Å². The quantitative estimate of drug-likeness (QED) is 0.948.